The predicted molar refractivity (Wildman–Crippen MR) is 357 cm³/mol. The third-order valence-corrected chi connectivity index (χ3v) is 16.4. The van der Waals surface area contributed by atoms with Gasteiger partial charge in [0.2, 0.25) is 11.8 Å². The van der Waals surface area contributed by atoms with Crippen molar-refractivity contribution in [3.63, 3.8) is 0 Å². The molecule has 0 saturated heterocycles. The molecule has 0 fully saturated rings. The molecule has 5 aromatic rings. The minimum Gasteiger partial charge on any atom is -0.490 e. The molecule has 0 atom stereocenters. The number of rotatable bonds is 54. The molecular weight excluding hydrogens is 1080 g/mol. The third kappa shape index (κ3) is 31.3. The number of aromatic nitrogens is 2. The number of unbranched alkanes of at least 4 members (excludes halogenated alkanes) is 36. The number of hydrogen-bond acceptors (Lipinski definition) is 11. The van der Waals surface area contributed by atoms with Gasteiger partial charge in [0.05, 0.1) is 37.6 Å². The first-order valence-corrected chi connectivity index (χ1v) is 35.2. The number of esters is 2. The van der Waals surface area contributed by atoms with Gasteiger partial charge in [-0.25, -0.2) is 9.59 Å². The summed E-state index contributed by atoms with van der Waals surface area (Å²) in [6.45, 7) is 11.4. The van der Waals surface area contributed by atoms with E-state index in [1.54, 1.807) is 72.8 Å². The van der Waals surface area contributed by atoms with E-state index in [0.717, 1.165) is 51.4 Å². The van der Waals surface area contributed by atoms with E-state index in [1.165, 1.54) is 205 Å². The van der Waals surface area contributed by atoms with E-state index in [-0.39, 0.29) is 0 Å². The van der Waals surface area contributed by atoms with Crippen molar-refractivity contribution in [2.45, 2.75) is 285 Å². The summed E-state index contributed by atoms with van der Waals surface area (Å²) in [4.78, 5) is 27.2. The molecule has 482 valence electrons. The fourth-order valence-corrected chi connectivity index (χ4v) is 10.9. The quantitative estimate of drug-likeness (QED) is 0.0210. The van der Waals surface area contributed by atoms with E-state index in [9.17, 15) is 9.59 Å². The predicted octanol–water partition coefficient (Wildman–Crippen LogP) is 23.0. The van der Waals surface area contributed by atoms with Crippen molar-refractivity contribution >= 4 is 11.9 Å². The third-order valence-electron chi connectivity index (χ3n) is 16.4. The Balaban J connectivity index is 1.11. The van der Waals surface area contributed by atoms with Crippen molar-refractivity contribution in [1.82, 2.24) is 10.2 Å². The van der Waals surface area contributed by atoms with Crippen LogP contribution in [0.15, 0.2) is 89.3 Å². The van der Waals surface area contributed by atoms with Crippen LogP contribution in [-0.4, -0.2) is 48.6 Å². The Morgan fingerprint density at radius 1 is 0.299 bits per heavy atom. The smallest absolute Gasteiger partial charge is 0.343 e. The number of ether oxygens (including phenoxy) is 6. The maximum Gasteiger partial charge on any atom is 0.343 e. The Labute approximate surface area is 526 Å². The summed E-state index contributed by atoms with van der Waals surface area (Å²) < 4.78 is 43.0. The second kappa shape index (κ2) is 47.2. The largest absolute Gasteiger partial charge is 0.490 e. The highest BCUT2D eigenvalue weighted by atomic mass is 16.5. The number of carbonyl (C=O) groups excluding carboxylic acids is 2. The van der Waals surface area contributed by atoms with Crippen molar-refractivity contribution < 1.29 is 42.4 Å². The molecule has 0 saturated carbocycles. The van der Waals surface area contributed by atoms with E-state index in [1.807, 2.05) is 12.1 Å². The molecule has 87 heavy (non-hydrogen) atoms. The molecule has 0 amide bonds. The molecule has 0 bridgehead atoms. The van der Waals surface area contributed by atoms with E-state index < -0.39 is 11.9 Å². The lowest BCUT2D eigenvalue weighted by Crippen LogP contribution is -2.10. The average molecular weight is 1200 g/mol. The van der Waals surface area contributed by atoms with Crippen LogP contribution in [0.25, 0.3) is 22.9 Å². The van der Waals surface area contributed by atoms with Crippen LogP contribution in [0.3, 0.4) is 0 Å². The number of hydrogen-bond donors (Lipinski definition) is 0. The van der Waals surface area contributed by atoms with Gasteiger partial charge >= 0.3 is 11.9 Å². The Kier molecular flexibility index (Phi) is 39.0. The van der Waals surface area contributed by atoms with Crippen molar-refractivity contribution in [2.24, 2.45) is 0 Å². The van der Waals surface area contributed by atoms with E-state index in [2.05, 4.69) is 37.9 Å². The maximum absolute atomic E-state index is 13.6. The molecule has 0 N–H and O–H groups in total. The molecule has 5 rings (SSSR count). The Morgan fingerprint density at radius 3 is 0.805 bits per heavy atom. The fraction of sp³-hybridized carbons (Fsp3) is 0.632. The molecule has 0 aliphatic rings. The van der Waals surface area contributed by atoms with E-state index in [0.29, 0.717) is 95.0 Å². The van der Waals surface area contributed by atoms with Gasteiger partial charge in [-0.2, -0.15) is 0 Å². The van der Waals surface area contributed by atoms with Gasteiger partial charge in [0.1, 0.15) is 11.5 Å². The second-order valence-corrected chi connectivity index (χ2v) is 24.2. The molecular formula is C76H114N2O9. The lowest BCUT2D eigenvalue weighted by Gasteiger charge is -2.14. The van der Waals surface area contributed by atoms with Crippen molar-refractivity contribution in [2.75, 3.05) is 26.4 Å². The first-order valence-electron chi connectivity index (χ1n) is 35.2. The lowest BCUT2D eigenvalue weighted by molar-refractivity contribution is 0.0724. The number of carbonyl (C=O) groups is 2. The molecule has 1 heterocycles. The van der Waals surface area contributed by atoms with Crippen molar-refractivity contribution in [1.29, 1.82) is 0 Å². The van der Waals surface area contributed by atoms with E-state index >= 15 is 0 Å². The first kappa shape index (κ1) is 71.9. The summed E-state index contributed by atoms with van der Waals surface area (Å²) in [5.74, 6) is 2.83. The van der Waals surface area contributed by atoms with E-state index in [4.69, 9.17) is 32.8 Å². The normalized spacial score (nSPS) is 11.3. The van der Waals surface area contributed by atoms with Gasteiger partial charge < -0.3 is 32.8 Å². The zero-order valence-electron chi connectivity index (χ0n) is 54.8. The van der Waals surface area contributed by atoms with Crippen LogP contribution in [0.2, 0.25) is 0 Å². The van der Waals surface area contributed by atoms with Crippen LogP contribution in [0.4, 0.5) is 0 Å². The minimum atomic E-state index is -0.493. The molecule has 0 radical (unpaired) electrons. The van der Waals surface area contributed by atoms with Crippen LogP contribution in [0, 0.1) is 0 Å². The van der Waals surface area contributed by atoms with Gasteiger partial charge in [-0.3, -0.25) is 0 Å². The monoisotopic (exact) mass is 1200 g/mol. The number of nitrogens with zero attached hydrogens (tertiary/aromatic N) is 2. The second-order valence-electron chi connectivity index (χ2n) is 24.2. The molecule has 4 aromatic carbocycles. The molecule has 0 unspecified atom stereocenters. The maximum atomic E-state index is 13.6. The average Bonchev–Trinajstić information content (AvgIpc) is 3.82. The van der Waals surface area contributed by atoms with Gasteiger partial charge in [0.15, 0.2) is 23.0 Å². The van der Waals surface area contributed by atoms with Crippen LogP contribution in [0.5, 0.6) is 34.5 Å². The summed E-state index contributed by atoms with van der Waals surface area (Å²) in [5.41, 5.74) is 2.09. The summed E-state index contributed by atoms with van der Waals surface area (Å²) in [6, 6.07) is 24.6. The van der Waals surface area contributed by atoms with Crippen molar-refractivity contribution in [3.8, 4) is 57.4 Å². The lowest BCUT2D eigenvalue weighted by atomic mass is 10.1. The summed E-state index contributed by atoms with van der Waals surface area (Å²) in [5, 5.41) is 8.61. The summed E-state index contributed by atoms with van der Waals surface area (Å²) in [6.07, 6.45) is 50.2. The highest BCUT2D eigenvalue weighted by molar-refractivity contribution is 5.92. The molecule has 1 aromatic heterocycles. The van der Waals surface area contributed by atoms with Crippen molar-refractivity contribution in [3.05, 3.63) is 96.1 Å². The SMILES string of the molecule is CCCCCCCCCCCCOc1ccc(C(=O)Oc2ccc(-c3nnc(-c4ccc(OC(=O)c5ccc(OCCCCCCCCCCCC)c(OCCCCCCCCCCCC)c5)cc4)o3)cc2)cc1OCCCCCCCCCCCC. The summed E-state index contributed by atoms with van der Waals surface area (Å²) in [7, 11) is 0. The zero-order valence-corrected chi connectivity index (χ0v) is 54.8. The Morgan fingerprint density at radius 2 is 0.540 bits per heavy atom. The Hall–Kier alpha value is -5.84. The van der Waals surface area contributed by atoms with Crippen LogP contribution in [0.1, 0.15) is 305 Å². The zero-order chi connectivity index (χ0) is 61.5. The molecule has 11 nitrogen and oxygen atoms in total. The topological polar surface area (TPSA) is 128 Å². The van der Waals surface area contributed by atoms with Gasteiger partial charge in [0, 0.05) is 11.1 Å². The minimum absolute atomic E-state index is 0.304. The van der Waals surface area contributed by atoms with Gasteiger partial charge in [-0.15, -0.1) is 10.2 Å². The highest BCUT2D eigenvalue weighted by Gasteiger charge is 2.18. The standard InChI is InChI=1S/C76H114N2O9/c1-5-9-13-17-21-25-29-33-37-41-57-81-69-55-49-65(61-71(69)83-59-43-39-35-31-27-23-19-15-11-7-3)75(79)85-67-51-45-63(46-52-67)73-77-78-74(87-73)64-47-53-68(54-48-64)86-76(80)66-50-56-70(82-58-42-38-34-30-26-22-18-14-10-6-2)72(62-66)84-60-44-40-36-32-28-24-20-16-12-8-4/h45-56,61-62H,5-44,57-60H2,1-4H3. The van der Waals surface area contributed by atoms with Crippen LogP contribution in [-0.2, 0) is 0 Å². The van der Waals surface area contributed by atoms with Crippen LogP contribution < -0.4 is 28.4 Å². The molecule has 0 spiro atoms. The molecule has 0 aliphatic carbocycles. The molecule has 11 heteroatoms. The molecule has 0 aliphatic heterocycles. The van der Waals surface area contributed by atoms with Crippen LogP contribution >= 0.6 is 0 Å². The Bertz CT molecular complexity index is 2350. The summed E-state index contributed by atoms with van der Waals surface area (Å²) >= 11 is 0. The van der Waals surface area contributed by atoms with Gasteiger partial charge in [-0.1, -0.05) is 259 Å². The first-order chi connectivity index (χ1) is 42.9. The van der Waals surface area contributed by atoms with Gasteiger partial charge in [0.25, 0.3) is 0 Å². The number of benzene rings is 4. The fourth-order valence-electron chi connectivity index (χ4n) is 10.9. The highest BCUT2D eigenvalue weighted by Crippen LogP contribution is 2.33. The van der Waals surface area contributed by atoms with Gasteiger partial charge in [-0.05, 0) is 111 Å².